The van der Waals surface area contributed by atoms with Crippen LogP contribution in [0.15, 0.2) is 6.33 Å². The Kier molecular flexibility index (Phi) is 2.08. The summed E-state index contributed by atoms with van der Waals surface area (Å²) in [4.78, 5) is 15.7. The fourth-order valence-corrected chi connectivity index (χ4v) is 3.30. The lowest BCUT2D eigenvalue weighted by Crippen LogP contribution is -2.16. The normalized spacial score (nSPS) is 33.5. The van der Waals surface area contributed by atoms with Gasteiger partial charge >= 0.3 is 0 Å². The zero-order valence-electron chi connectivity index (χ0n) is 8.65. The fourth-order valence-electron chi connectivity index (χ4n) is 3.30. The molecule has 1 aromatic rings. The van der Waals surface area contributed by atoms with Gasteiger partial charge in [0.25, 0.3) is 0 Å². The van der Waals surface area contributed by atoms with Gasteiger partial charge in [-0.15, -0.1) is 0 Å². The monoisotopic (exact) mass is 205 g/mol. The zero-order chi connectivity index (χ0) is 10.3. The second-order valence-corrected chi connectivity index (χ2v) is 4.90. The van der Waals surface area contributed by atoms with Gasteiger partial charge < -0.3 is 0 Å². The second kappa shape index (κ2) is 3.43. The van der Waals surface area contributed by atoms with Gasteiger partial charge in [0.15, 0.2) is 11.6 Å². The summed E-state index contributed by atoms with van der Waals surface area (Å²) in [5.74, 6) is 2.88. The summed E-state index contributed by atoms with van der Waals surface area (Å²) in [6, 6.07) is 0. The molecule has 2 fully saturated rings. The minimum atomic E-state index is 0.130. The molecule has 1 heterocycles. The van der Waals surface area contributed by atoms with Crippen molar-refractivity contribution >= 4 is 5.78 Å². The highest BCUT2D eigenvalue weighted by atomic mass is 16.1. The zero-order valence-corrected chi connectivity index (χ0v) is 8.65. The van der Waals surface area contributed by atoms with Gasteiger partial charge in [-0.25, -0.2) is 4.98 Å². The molecule has 1 N–H and O–H groups in total. The summed E-state index contributed by atoms with van der Waals surface area (Å²) in [5, 5.41) is 6.35. The van der Waals surface area contributed by atoms with E-state index in [2.05, 4.69) is 15.2 Å². The summed E-state index contributed by atoms with van der Waals surface area (Å²) >= 11 is 0. The molecule has 0 aromatic carbocycles. The van der Waals surface area contributed by atoms with Crippen molar-refractivity contribution in [1.82, 2.24) is 15.2 Å². The lowest BCUT2D eigenvalue weighted by atomic mass is 9.85. The average molecular weight is 205 g/mol. The van der Waals surface area contributed by atoms with Crippen molar-refractivity contribution < 1.29 is 4.79 Å². The number of nitrogens with zero attached hydrogens (tertiary/aromatic N) is 2. The van der Waals surface area contributed by atoms with E-state index in [1.54, 1.807) is 0 Å². The van der Waals surface area contributed by atoms with E-state index in [1.165, 1.54) is 32.0 Å². The Balaban J connectivity index is 1.64. The van der Waals surface area contributed by atoms with E-state index in [-0.39, 0.29) is 5.78 Å². The van der Waals surface area contributed by atoms with Crippen molar-refractivity contribution in [1.29, 1.82) is 0 Å². The van der Waals surface area contributed by atoms with Gasteiger partial charge in [-0.1, -0.05) is 6.42 Å². The lowest BCUT2D eigenvalue weighted by Gasteiger charge is -2.19. The highest BCUT2D eigenvalue weighted by Gasteiger charge is 2.40. The van der Waals surface area contributed by atoms with E-state index in [0.29, 0.717) is 18.2 Å². The van der Waals surface area contributed by atoms with Crippen LogP contribution in [-0.4, -0.2) is 21.0 Å². The highest BCUT2D eigenvalue weighted by Crippen LogP contribution is 2.49. The van der Waals surface area contributed by atoms with Gasteiger partial charge in [-0.05, 0) is 37.0 Å². The molecule has 0 saturated heterocycles. The van der Waals surface area contributed by atoms with E-state index in [4.69, 9.17) is 0 Å². The first-order valence-corrected chi connectivity index (χ1v) is 5.71. The Hall–Kier alpha value is -1.19. The molecular weight excluding hydrogens is 190 g/mol. The molecule has 0 spiro atoms. The van der Waals surface area contributed by atoms with Crippen molar-refractivity contribution in [2.24, 2.45) is 17.8 Å². The van der Waals surface area contributed by atoms with Crippen LogP contribution in [0.25, 0.3) is 0 Å². The van der Waals surface area contributed by atoms with Gasteiger partial charge in [0.2, 0.25) is 0 Å². The minimum absolute atomic E-state index is 0.130. The molecule has 2 bridgehead atoms. The van der Waals surface area contributed by atoms with Crippen LogP contribution >= 0.6 is 0 Å². The molecule has 3 atom stereocenters. The molecule has 0 aliphatic heterocycles. The first-order chi connectivity index (χ1) is 7.33. The third kappa shape index (κ3) is 1.58. The van der Waals surface area contributed by atoms with E-state index in [1.807, 2.05) is 0 Å². The van der Waals surface area contributed by atoms with Crippen LogP contribution in [0.3, 0.4) is 0 Å². The first kappa shape index (κ1) is 9.07. The summed E-state index contributed by atoms with van der Waals surface area (Å²) in [6.07, 6.45) is 7.39. The smallest absolute Gasteiger partial charge is 0.199 e. The van der Waals surface area contributed by atoms with Gasteiger partial charge in [0.1, 0.15) is 6.33 Å². The average Bonchev–Trinajstić information content (AvgIpc) is 2.95. The van der Waals surface area contributed by atoms with Crippen molar-refractivity contribution in [3.05, 3.63) is 12.2 Å². The van der Waals surface area contributed by atoms with Gasteiger partial charge in [-0.2, -0.15) is 5.10 Å². The molecule has 0 radical (unpaired) electrons. The topological polar surface area (TPSA) is 58.6 Å². The summed E-state index contributed by atoms with van der Waals surface area (Å²) in [6.45, 7) is 0. The number of carbonyl (C=O) groups is 1. The van der Waals surface area contributed by atoms with Gasteiger partial charge in [-0.3, -0.25) is 9.89 Å². The van der Waals surface area contributed by atoms with Gasteiger partial charge in [0, 0.05) is 6.42 Å². The molecule has 4 nitrogen and oxygen atoms in total. The molecule has 80 valence electrons. The lowest BCUT2D eigenvalue weighted by molar-refractivity contribution is 0.0934. The Morgan fingerprint density at radius 2 is 2.40 bits per heavy atom. The van der Waals surface area contributed by atoms with E-state index < -0.39 is 0 Å². The Morgan fingerprint density at radius 3 is 3.00 bits per heavy atom. The van der Waals surface area contributed by atoms with Crippen LogP contribution in [0, 0.1) is 17.8 Å². The number of nitrogens with one attached hydrogen (secondary N) is 1. The number of fused-ring (bicyclic) bond motifs is 2. The summed E-state index contributed by atoms with van der Waals surface area (Å²) in [5.41, 5.74) is 0. The molecule has 15 heavy (non-hydrogen) atoms. The predicted octanol–water partition coefficient (Wildman–Crippen LogP) is 1.81. The maximum absolute atomic E-state index is 11.8. The predicted molar refractivity (Wildman–Crippen MR) is 54.3 cm³/mol. The standard InChI is InChI=1S/C11H15N3O/c15-10(11-12-6-13-14-11)5-9-4-7-1-2-8(9)3-7/h6-9H,1-5H2,(H,12,13,14). The van der Waals surface area contributed by atoms with Crippen LogP contribution in [0.4, 0.5) is 0 Å². The molecule has 2 saturated carbocycles. The van der Waals surface area contributed by atoms with Crippen molar-refractivity contribution in [2.75, 3.05) is 0 Å². The fraction of sp³-hybridized carbons (Fsp3) is 0.727. The van der Waals surface area contributed by atoms with Crippen LogP contribution in [0.5, 0.6) is 0 Å². The molecule has 0 amide bonds. The van der Waals surface area contributed by atoms with Crippen LogP contribution < -0.4 is 0 Å². The number of Topliss-reactive ketones (excluding diaryl/α,β-unsaturated/α-hetero) is 1. The molecule has 3 rings (SSSR count). The van der Waals surface area contributed by atoms with Crippen molar-refractivity contribution in [2.45, 2.75) is 32.1 Å². The Morgan fingerprint density at radius 1 is 1.47 bits per heavy atom. The molecule has 2 aliphatic carbocycles. The molecule has 2 aliphatic rings. The largest absolute Gasteiger partial charge is 0.291 e. The highest BCUT2D eigenvalue weighted by molar-refractivity contribution is 5.92. The van der Waals surface area contributed by atoms with Gasteiger partial charge in [0.05, 0.1) is 0 Å². The second-order valence-electron chi connectivity index (χ2n) is 4.90. The molecule has 4 heteroatoms. The van der Waals surface area contributed by atoms with E-state index in [0.717, 1.165) is 11.8 Å². The molecule has 3 unspecified atom stereocenters. The third-order valence-corrected chi connectivity index (χ3v) is 4.01. The summed E-state index contributed by atoms with van der Waals surface area (Å²) < 4.78 is 0. The van der Waals surface area contributed by atoms with Crippen molar-refractivity contribution in [3.63, 3.8) is 0 Å². The van der Waals surface area contributed by atoms with E-state index in [9.17, 15) is 4.79 Å². The maximum atomic E-state index is 11.8. The quantitative estimate of drug-likeness (QED) is 0.765. The number of hydrogen-bond acceptors (Lipinski definition) is 3. The number of hydrogen-bond donors (Lipinski definition) is 1. The number of aromatic amines is 1. The Bertz CT molecular complexity index is 360. The molecule has 1 aromatic heterocycles. The van der Waals surface area contributed by atoms with Crippen molar-refractivity contribution in [3.8, 4) is 0 Å². The van der Waals surface area contributed by atoms with Crippen LogP contribution in [0.2, 0.25) is 0 Å². The number of rotatable bonds is 3. The maximum Gasteiger partial charge on any atom is 0.199 e. The number of carbonyl (C=O) groups excluding carboxylic acids is 1. The number of H-pyrrole nitrogens is 1. The van der Waals surface area contributed by atoms with Crippen LogP contribution in [0.1, 0.15) is 42.7 Å². The summed E-state index contributed by atoms with van der Waals surface area (Å²) in [7, 11) is 0. The number of aromatic nitrogens is 3. The van der Waals surface area contributed by atoms with Crippen LogP contribution in [-0.2, 0) is 0 Å². The molecular formula is C11H15N3O. The third-order valence-electron chi connectivity index (χ3n) is 4.01. The number of ketones is 1. The SMILES string of the molecule is O=C(CC1CC2CCC1C2)c1ncn[nH]1. The minimum Gasteiger partial charge on any atom is -0.291 e. The first-order valence-electron chi connectivity index (χ1n) is 5.71. The Labute approximate surface area is 88.5 Å². The van der Waals surface area contributed by atoms with E-state index >= 15 is 0 Å².